The fourth-order valence-electron chi connectivity index (χ4n) is 3.80. The molecule has 21 heavy (non-hydrogen) atoms. The Hall–Kier alpha value is -0.610. The van der Waals surface area contributed by atoms with Gasteiger partial charge in [-0.2, -0.15) is 0 Å². The molecule has 0 aromatic rings. The van der Waals surface area contributed by atoms with Gasteiger partial charge in [0.05, 0.1) is 5.92 Å². The summed E-state index contributed by atoms with van der Waals surface area (Å²) < 4.78 is 0. The Bertz CT molecular complexity index is 359. The summed E-state index contributed by atoms with van der Waals surface area (Å²) in [7, 11) is 0. The van der Waals surface area contributed by atoms with E-state index in [1.807, 2.05) is 0 Å². The van der Waals surface area contributed by atoms with Crippen LogP contribution < -0.4 is 0 Å². The van der Waals surface area contributed by atoms with Crippen molar-refractivity contribution in [1.82, 2.24) is 14.7 Å². The molecule has 2 saturated heterocycles. The molecule has 0 radical (unpaired) electrons. The molecule has 2 heterocycles. The van der Waals surface area contributed by atoms with Crippen LogP contribution in [0.2, 0.25) is 0 Å². The summed E-state index contributed by atoms with van der Waals surface area (Å²) in [5.74, 6) is 1.27. The molecular formula is C17H33N3O. The second-order valence-corrected chi connectivity index (χ2v) is 7.89. The highest BCUT2D eigenvalue weighted by Gasteiger charge is 2.44. The van der Waals surface area contributed by atoms with Gasteiger partial charge in [-0.05, 0) is 17.9 Å². The summed E-state index contributed by atoms with van der Waals surface area (Å²) in [5, 5.41) is 0. The normalized spacial score (nSPS) is 27.5. The minimum atomic E-state index is 0.113. The lowest BCUT2D eigenvalue weighted by molar-refractivity contribution is -0.139. The molecular weight excluding hydrogens is 262 g/mol. The zero-order valence-corrected chi connectivity index (χ0v) is 14.6. The van der Waals surface area contributed by atoms with Gasteiger partial charge < -0.3 is 9.80 Å². The smallest absolute Gasteiger partial charge is 0.227 e. The van der Waals surface area contributed by atoms with E-state index in [1.54, 1.807) is 0 Å². The van der Waals surface area contributed by atoms with Crippen LogP contribution in [0.15, 0.2) is 0 Å². The average molecular weight is 295 g/mol. The first-order chi connectivity index (χ1) is 9.83. The zero-order valence-electron chi connectivity index (χ0n) is 14.6. The van der Waals surface area contributed by atoms with E-state index in [2.05, 4.69) is 49.3 Å². The SMILES string of the molecule is CCN1C[C@@H](C(=O)N2CCN(CC(C)C)CC2)C(C)(C)C1. The van der Waals surface area contributed by atoms with Crippen LogP contribution in [0.25, 0.3) is 0 Å². The van der Waals surface area contributed by atoms with E-state index in [-0.39, 0.29) is 11.3 Å². The van der Waals surface area contributed by atoms with Crippen LogP contribution in [0.1, 0.15) is 34.6 Å². The molecule has 0 aromatic heterocycles. The minimum absolute atomic E-state index is 0.113. The molecule has 122 valence electrons. The Morgan fingerprint density at radius 2 is 1.76 bits per heavy atom. The maximum atomic E-state index is 12.9. The minimum Gasteiger partial charge on any atom is -0.340 e. The Morgan fingerprint density at radius 1 is 1.14 bits per heavy atom. The van der Waals surface area contributed by atoms with Crippen molar-refractivity contribution in [3.05, 3.63) is 0 Å². The Labute approximate surface area is 130 Å². The fourth-order valence-corrected chi connectivity index (χ4v) is 3.80. The number of carbonyl (C=O) groups excluding carboxylic acids is 1. The van der Waals surface area contributed by atoms with E-state index in [0.717, 1.165) is 52.4 Å². The monoisotopic (exact) mass is 295 g/mol. The number of rotatable bonds is 4. The number of amides is 1. The molecule has 4 heteroatoms. The molecule has 0 aromatic carbocycles. The molecule has 4 nitrogen and oxygen atoms in total. The van der Waals surface area contributed by atoms with E-state index in [4.69, 9.17) is 0 Å². The molecule has 1 atom stereocenters. The molecule has 0 bridgehead atoms. The third kappa shape index (κ3) is 3.98. The van der Waals surface area contributed by atoms with Gasteiger partial charge in [0.15, 0.2) is 0 Å². The van der Waals surface area contributed by atoms with Gasteiger partial charge >= 0.3 is 0 Å². The highest BCUT2D eigenvalue weighted by molar-refractivity contribution is 5.80. The van der Waals surface area contributed by atoms with Crippen molar-refractivity contribution in [2.24, 2.45) is 17.3 Å². The van der Waals surface area contributed by atoms with Crippen molar-refractivity contribution in [3.8, 4) is 0 Å². The third-order valence-electron chi connectivity index (χ3n) is 5.07. The van der Waals surface area contributed by atoms with Crippen molar-refractivity contribution < 1.29 is 4.79 Å². The first kappa shape index (κ1) is 16.8. The molecule has 0 unspecified atom stereocenters. The third-order valence-corrected chi connectivity index (χ3v) is 5.07. The summed E-state index contributed by atoms with van der Waals surface area (Å²) in [4.78, 5) is 19.9. The zero-order chi connectivity index (χ0) is 15.6. The topological polar surface area (TPSA) is 26.8 Å². The van der Waals surface area contributed by atoms with Crippen LogP contribution >= 0.6 is 0 Å². The highest BCUT2D eigenvalue weighted by Crippen LogP contribution is 2.36. The number of nitrogens with zero attached hydrogens (tertiary/aromatic N) is 3. The number of piperazine rings is 1. The molecule has 2 rings (SSSR count). The number of hydrogen-bond donors (Lipinski definition) is 0. The van der Waals surface area contributed by atoms with E-state index < -0.39 is 0 Å². The molecule has 2 aliphatic rings. The molecule has 0 aliphatic carbocycles. The van der Waals surface area contributed by atoms with Gasteiger partial charge in [-0.15, -0.1) is 0 Å². The van der Waals surface area contributed by atoms with Crippen LogP contribution in [-0.2, 0) is 4.79 Å². The van der Waals surface area contributed by atoms with Gasteiger partial charge in [-0.25, -0.2) is 0 Å². The molecule has 0 saturated carbocycles. The molecule has 0 spiro atoms. The number of carbonyl (C=O) groups is 1. The van der Waals surface area contributed by atoms with Gasteiger partial charge in [0, 0.05) is 45.8 Å². The van der Waals surface area contributed by atoms with E-state index in [9.17, 15) is 4.79 Å². The van der Waals surface area contributed by atoms with Gasteiger partial charge in [-0.3, -0.25) is 9.69 Å². The lowest BCUT2D eigenvalue weighted by atomic mass is 9.81. The van der Waals surface area contributed by atoms with Crippen LogP contribution in [0.3, 0.4) is 0 Å². The van der Waals surface area contributed by atoms with Crippen LogP contribution in [0, 0.1) is 17.3 Å². The van der Waals surface area contributed by atoms with Crippen molar-refractivity contribution in [1.29, 1.82) is 0 Å². The van der Waals surface area contributed by atoms with Crippen LogP contribution in [0.4, 0.5) is 0 Å². The second-order valence-electron chi connectivity index (χ2n) is 7.89. The van der Waals surface area contributed by atoms with Crippen molar-refractivity contribution >= 4 is 5.91 Å². The quantitative estimate of drug-likeness (QED) is 0.791. The maximum Gasteiger partial charge on any atom is 0.227 e. The van der Waals surface area contributed by atoms with Gasteiger partial charge in [0.25, 0.3) is 0 Å². The van der Waals surface area contributed by atoms with Crippen LogP contribution in [-0.4, -0.2) is 73.0 Å². The number of likely N-dealkylation sites (tertiary alicyclic amines) is 1. The average Bonchev–Trinajstić information content (AvgIpc) is 2.73. The second kappa shape index (κ2) is 6.66. The van der Waals surface area contributed by atoms with E-state index >= 15 is 0 Å². The molecule has 0 N–H and O–H groups in total. The lowest BCUT2D eigenvalue weighted by Crippen LogP contribution is -2.52. The molecule has 2 aliphatic heterocycles. The van der Waals surface area contributed by atoms with Crippen molar-refractivity contribution in [3.63, 3.8) is 0 Å². The fraction of sp³-hybridized carbons (Fsp3) is 0.941. The largest absolute Gasteiger partial charge is 0.340 e. The number of hydrogen-bond acceptors (Lipinski definition) is 3. The Kier molecular flexibility index (Phi) is 5.31. The van der Waals surface area contributed by atoms with Gasteiger partial charge in [-0.1, -0.05) is 34.6 Å². The summed E-state index contributed by atoms with van der Waals surface area (Å²) in [6.07, 6.45) is 0. The summed E-state index contributed by atoms with van der Waals surface area (Å²) in [6, 6.07) is 0. The highest BCUT2D eigenvalue weighted by atomic mass is 16.2. The van der Waals surface area contributed by atoms with Crippen molar-refractivity contribution in [2.45, 2.75) is 34.6 Å². The summed E-state index contributed by atoms with van der Waals surface area (Å²) in [5.41, 5.74) is 0.113. The summed E-state index contributed by atoms with van der Waals surface area (Å²) in [6.45, 7) is 19.3. The van der Waals surface area contributed by atoms with Crippen LogP contribution in [0.5, 0.6) is 0 Å². The first-order valence-electron chi connectivity index (χ1n) is 8.57. The summed E-state index contributed by atoms with van der Waals surface area (Å²) >= 11 is 0. The molecule has 2 fully saturated rings. The van der Waals surface area contributed by atoms with Crippen molar-refractivity contribution in [2.75, 3.05) is 52.4 Å². The van der Waals surface area contributed by atoms with Gasteiger partial charge in [0.2, 0.25) is 5.91 Å². The predicted molar refractivity (Wildman–Crippen MR) is 87.2 cm³/mol. The van der Waals surface area contributed by atoms with E-state index in [0.29, 0.717) is 11.8 Å². The Morgan fingerprint density at radius 3 is 2.24 bits per heavy atom. The first-order valence-corrected chi connectivity index (χ1v) is 8.57. The standard InChI is InChI=1S/C17H33N3O/c1-6-18-12-15(17(4,5)13-18)16(21)20-9-7-19(8-10-20)11-14(2)3/h14-15H,6-13H2,1-5H3/t15-/m0/s1. The van der Waals surface area contributed by atoms with E-state index in [1.165, 1.54) is 0 Å². The predicted octanol–water partition coefficient (Wildman–Crippen LogP) is 1.76. The Balaban J connectivity index is 1.90. The molecule has 1 amide bonds. The lowest BCUT2D eigenvalue weighted by Gasteiger charge is -2.38. The van der Waals surface area contributed by atoms with Gasteiger partial charge in [0.1, 0.15) is 0 Å². The maximum absolute atomic E-state index is 12.9.